The van der Waals surface area contributed by atoms with Crippen molar-refractivity contribution in [2.75, 3.05) is 13.2 Å². The predicted octanol–water partition coefficient (Wildman–Crippen LogP) is 8.81. The molecule has 0 aromatic heterocycles. The number of carbonyl (C=O) groups is 2. The van der Waals surface area contributed by atoms with Crippen molar-refractivity contribution in [3.63, 3.8) is 0 Å². The van der Waals surface area contributed by atoms with E-state index in [-0.39, 0.29) is 11.9 Å². The number of aryl methyl sites for hydroxylation is 1. The molecular weight excluding hydrogens is 496 g/mol. The molecule has 6 fully saturated rings. The van der Waals surface area contributed by atoms with Gasteiger partial charge >= 0.3 is 11.9 Å². The first-order chi connectivity index (χ1) is 19.1. The fourth-order valence-electron chi connectivity index (χ4n) is 9.66. The second-order valence-corrected chi connectivity index (χ2v) is 14.0. The maximum absolute atomic E-state index is 11.9. The Labute approximate surface area is 242 Å². The lowest BCUT2D eigenvalue weighted by molar-refractivity contribution is -0.224. The molecule has 40 heavy (non-hydrogen) atoms. The third-order valence-corrected chi connectivity index (χ3v) is 10.9. The molecule has 0 heterocycles. The summed E-state index contributed by atoms with van der Waals surface area (Å²) in [6, 6.07) is 6.06. The molecule has 6 saturated carbocycles. The molecule has 1 aromatic carbocycles. The van der Waals surface area contributed by atoms with Gasteiger partial charge in [-0.1, -0.05) is 50.5 Å². The Balaban J connectivity index is 0.000000161. The van der Waals surface area contributed by atoms with Crippen molar-refractivity contribution >= 4 is 11.9 Å². The summed E-state index contributed by atoms with van der Waals surface area (Å²) in [4.78, 5) is 23.8. The molecule has 0 radical (unpaired) electrons. The van der Waals surface area contributed by atoms with Gasteiger partial charge in [0.1, 0.15) is 0 Å². The van der Waals surface area contributed by atoms with Crippen molar-refractivity contribution in [2.45, 2.75) is 118 Å². The van der Waals surface area contributed by atoms with Gasteiger partial charge in [0.15, 0.2) is 0 Å². The van der Waals surface area contributed by atoms with E-state index < -0.39 is 0 Å². The lowest BCUT2D eigenvalue weighted by Crippen LogP contribution is -2.64. The van der Waals surface area contributed by atoms with Crippen LogP contribution in [0.15, 0.2) is 41.5 Å². The van der Waals surface area contributed by atoms with Crippen LogP contribution in [-0.2, 0) is 19.7 Å². The second-order valence-electron chi connectivity index (χ2n) is 14.0. The highest BCUT2D eigenvalue weighted by atomic mass is 16.5. The van der Waals surface area contributed by atoms with Crippen LogP contribution in [0.1, 0.15) is 127 Å². The maximum atomic E-state index is 11.9. The molecule has 0 spiro atoms. The average molecular weight is 547 g/mol. The summed E-state index contributed by atoms with van der Waals surface area (Å²) in [5, 5.41) is 0. The van der Waals surface area contributed by atoms with Crippen molar-refractivity contribution in [3.8, 4) is 0 Å². The largest absolute Gasteiger partial charge is 0.463 e. The lowest BCUT2D eigenvalue weighted by atomic mass is 9.30. The van der Waals surface area contributed by atoms with Gasteiger partial charge in [-0.25, -0.2) is 9.59 Å². The molecule has 1 atom stereocenters. The molecular formula is C36H50O4. The van der Waals surface area contributed by atoms with E-state index in [4.69, 9.17) is 9.47 Å². The molecule has 0 saturated heterocycles. The zero-order valence-electron chi connectivity index (χ0n) is 25.8. The Hall–Kier alpha value is -2.36. The van der Waals surface area contributed by atoms with Crippen molar-refractivity contribution in [1.82, 2.24) is 0 Å². The minimum atomic E-state index is -0.191. The number of benzene rings is 1. The number of esters is 2. The smallest absolute Gasteiger partial charge is 0.338 e. The van der Waals surface area contributed by atoms with Gasteiger partial charge in [0.05, 0.1) is 18.8 Å². The minimum Gasteiger partial charge on any atom is -0.463 e. The lowest BCUT2D eigenvalue weighted by Gasteiger charge is -2.74. The third kappa shape index (κ3) is 4.88. The maximum Gasteiger partial charge on any atom is 0.338 e. The molecule has 7 aliphatic rings. The van der Waals surface area contributed by atoms with Gasteiger partial charge in [0.2, 0.25) is 0 Å². The van der Waals surface area contributed by atoms with E-state index in [2.05, 4.69) is 52.0 Å². The molecule has 0 amide bonds. The topological polar surface area (TPSA) is 52.6 Å². The highest BCUT2D eigenvalue weighted by Crippen LogP contribution is 2.79. The predicted molar refractivity (Wildman–Crippen MR) is 160 cm³/mol. The van der Waals surface area contributed by atoms with Gasteiger partial charge < -0.3 is 9.47 Å². The normalized spacial score (nSPS) is 34.3. The number of allylic oxidation sites excluding steroid dienone is 3. The monoisotopic (exact) mass is 546 g/mol. The van der Waals surface area contributed by atoms with Crippen molar-refractivity contribution in [3.05, 3.63) is 58.2 Å². The molecule has 1 aromatic rings. The zero-order chi connectivity index (χ0) is 28.8. The van der Waals surface area contributed by atoms with Gasteiger partial charge in [-0.05, 0) is 130 Å². The fourth-order valence-corrected chi connectivity index (χ4v) is 9.66. The van der Waals surface area contributed by atoms with Crippen LogP contribution in [-0.4, -0.2) is 25.2 Å². The molecule has 0 aliphatic heterocycles. The van der Waals surface area contributed by atoms with Crippen LogP contribution in [0.25, 0.3) is 0 Å². The highest BCUT2D eigenvalue weighted by molar-refractivity contribution is 5.90. The summed E-state index contributed by atoms with van der Waals surface area (Å²) < 4.78 is 10.3. The highest BCUT2D eigenvalue weighted by Gasteiger charge is 2.69. The number of rotatable bonds is 10. The molecule has 4 nitrogen and oxygen atoms in total. The van der Waals surface area contributed by atoms with E-state index >= 15 is 0 Å². The molecule has 0 N–H and O–H groups in total. The van der Waals surface area contributed by atoms with E-state index in [1.54, 1.807) is 0 Å². The summed E-state index contributed by atoms with van der Waals surface area (Å²) >= 11 is 0. The average Bonchev–Trinajstić information content (AvgIpc) is 2.84. The summed E-state index contributed by atoms with van der Waals surface area (Å²) in [7, 11) is 0. The van der Waals surface area contributed by atoms with Crippen LogP contribution in [0.4, 0.5) is 0 Å². The standard InChI is InChI=1S/C18H26O2.C18H24O2/c2*1-4-8-17-10-18(11-17,12-17)15-9-14(7-6-13(15)3)16(19)20-5-2/h6,9,15H,4-5,7-8,10-12H2,1-3H3;6-7,9H,4-5,8,10-12H2,1-3H3. The Morgan fingerprint density at radius 3 is 1.98 bits per heavy atom. The number of hydrogen-bond acceptors (Lipinski definition) is 4. The van der Waals surface area contributed by atoms with Crippen LogP contribution in [0, 0.1) is 29.1 Å². The fraction of sp³-hybridized carbons (Fsp3) is 0.667. The van der Waals surface area contributed by atoms with Gasteiger partial charge in [0.25, 0.3) is 0 Å². The molecule has 8 rings (SSSR count). The van der Waals surface area contributed by atoms with Gasteiger partial charge in [-0.3, -0.25) is 0 Å². The number of hydrogen-bond donors (Lipinski definition) is 0. The Bertz CT molecular complexity index is 1180. The van der Waals surface area contributed by atoms with E-state index in [9.17, 15) is 9.59 Å². The van der Waals surface area contributed by atoms with Crippen molar-refractivity contribution in [2.24, 2.45) is 22.2 Å². The second kappa shape index (κ2) is 10.8. The summed E-state index contributed by atoms with van der Waals surface area (Å²) in [6.07, 6.45) is 18.6. The number of carbonyl (C=O) groups excluding carboxylic acids is 2. The van der Waals surface area contributed by atoms with E-state index in [1.165, 1.54) is 80.9 Å². The summed E-state index contributed by atoms with van der Waals surface area (Å²) in [5.74, 6) is 0.175. The molecule has 4 heteroatoms. The van der Waals surface area contributed by atoms with Gasteiger partial charge in [0, 0.05) is 11.5 Å². The van der Waals surface area contributed by atoms with Gasteiger partial charge in [-0.15, -0.1) is 0 Å². The quantitative estimate of drug-likeness (QED) is 0.217. The van der Waals surface area contributed by atoms with Crippen molar-refractivity contribution < 1.29 is 19.1 Å². The molecule has 1 unspecified atom stereocenters. The zero-order valence-corrected chi connectivity index (χ0v) is 25.8. The van der Waals surface area contributed by atoms with Crippen LogP contribution in [0.5, 0.6) is 0 Å². The van der Waals surface area contributed by atoms with E-state index in [1.807, 2.05) is 19.9 Å². The Morgan fingerprint density at radius 1 is 0.825 bits per heavy atom. The van der Waals surface area contributed by atoms with Gasteiger partial charge in [-0.2, -0.15) is 0 Å². The molecule has 4 bridgehead atoms. The van der Waals surface area contributed by atoms with Crippen LogP contribution in [0.3, 0.4) is 0 Å². The first kappa shape index (κ1) is 29.1. The first-order valence-electron chi connectivity index (χ1n) is 15.9. The minimum absolute atomic E-state index is 0.115. The third-order valence-electron chi connectivity index (χ3n) is 10.9. The summed E-state index contributed by atoms with van der Waals surface area (Å²) in [5.41, 5.74) is 7.92. The van der Waals surface area contributed by atoms with Crippen LogP contribution >= 0.6 is 0 Å². The van der Waals surface area contributed by atoms with E-state index in [0.29, 0.717) is 46.4 Å². The van der Waals surface area contributed by atoms with Crippen LogP contribution in [0.2, 0.25) is 0 Å². The summed E-state index contributed by atoms with van der Waals surface area (Å²) in [6.45, 7) is 13.6. The SMILES string of the molecule is CCCC12CC(C3C=C(C(=O)OCC)CC=C3C)(C1)C2.CCCC12CC(c3cc(C(=O)OCC)ccc3C)(C1)C2. The Kier molecular flexibility index (Phi) is 7.87. The first-order valence-corrected chi connectivity index (χ1v) is 15.9. The number of ether oxygens (including phenoxy) is 2. The van der Waals surface area contributed by atoms with Crippen molar-refractivity contribution in [1.29, 1.82) is 0 Å². The van der Waals surface area contributed by atoms with E-state index in [0.717, 1.165) is 12.0 Å². The molecule has 218 valence electrons. The Morgan fingerprint density at radius 2 is 1.40 bits per heavy atom. The molecule has 7 aliphatic carbocycles. The van der Waals surface area contributed by atoms with Crippen LogP contribution < -0.4 is 0 Å².